The van der Waals surface area contributed by atoms with Crippen LogP contribution in [0.2, 0.25) is 0 Å². The van der Waals surface area contributed by atoms with Gasteiger partial charge in [0.05, 0.1) is 31.4 Å². The molecule has 0 amide bonds. The number of nitrogens with two attached hydrogens (primary N) is 5. The molecule has 19 atom stereocenters. The molecule has 3 heterocycles. The molecule has 42 heavy (non-hydrogen) atoms. The van der Waals surface area contributed by atoms with Gasteiger partial charge in [-0.1, -0.05) is 0 Å². The lowest BCUT2D eigenvalue weighted by Gasteiger charge is -2.47. The summed E-state index contributed by atoms with van der Waals surface area (Å²) in [5, 5.41) is 82.3. The van der Waals surface area contributed by atoms with Gasteiger partial charge in [-0.3, -0.25) is 0 Å². The maximum Gasteiger partial charge on any atom is 0.187 e. The lowest BCUT2D eigenvalue weighted by Crippen LogP contribution is -2.68. The highest BCUT2D eigenvalue weighted by Crippen LogP contribution is 2.34. The average molecular weight is 616 g/mol. The van der Waals surface area contributed by atoms with Crippen LogP contribution in [0, 0.1) is 0 Å². The van der Waals surface area contributed by atoms with Crippen molar-refractivity contribution in [1.82, 2.24) is 0 Å². The number of rotatable bonds is 9. The van der Waals surface area contributed by atoms with E-state index in [9.17, 15) is 40.9 Å². The molecule has 1 aliphatic carbocycles. The summed E-state index contributed by atoms with van der Waals surface area (Å²) in [4.78, 5) is 0. The second-order valence-corrected chi connectivity index (χ2v) is 11.2. The predicted octanol–water partition coefficient (Wildman–Crippen LogP) is -8.86. The van der Waals surface area contributed by atoms with Crippen molar-refractivity contribution in [1.29, 1.82) is 0 Å². The van der Waals surface area contributed by atoms with E-state index in [1.165, 1.54) is 0 Å². The Kier molecular flexibility index (Phi) is 11.5. The van der Waals surface area contributed by atoms with Crippen LogP contribution in [0.15, 0.2) is 0 Å². The molecular formula is C23H45N5O14. The molecule has 0 aromatic rings. The van der Waals surface area contributed by atoms with Crippen LogP contribution in [0.1, 0.15) is 6.42 Å². The largest absolute Gasteiger partial charge is 0.394 e. The molecule has 3 saturated heterocycles. The molecular weight excluding hydrogens is 570 g/mol. The van der Waals surface area contributed by atoms with Crippen molar-refractivity contribution in [2.45, 2.75) is 123 Å². The number of hydrogen-bond donors (Lipinski definition) is 13. The van der Waals surface area contributed by atoms with E-state index in [0.29, 0.717) is 0 Å². The van der Waals surface area contributed by atoms with E-state index in [-0.39, 0.29) is 13.0 Å². The first kappa shape index (κ1) is 34.1. The third-order valence-corrected chi connectivity index (χ3v) is 8.32. The molecule has 1 saturated carbocycles. The first-order chi connectivity index (χ1) is 19.8. The highest BCUT2D eigenvalue weighted by molar-refractivity contribution is 5.02. The Balaban J connectivity index is 1.50. The van der Waals surface area contributed by atoms with E-state index in [4.69, 9.17) is 57.1 Å². The monoisotopic (exact) mass is 615 g/mol. The number of hydrogen-bond acceptors (Lipinski definition) is 19. The topological polar surface area (TPSA) is 347 Å². The lowest BCUT2D eigenvalue weighted by molar-refractivity contribution is -0.310. The SMILES string of the molecule is NC[C@@H]1O[C@H](OC2[C@@H](CO)O[C@@H](OC3[C@H](O)[C@H](N)C[C@H](N)[C@H]3OC3O[C@H](CO)[C@@H](O)[C@H](O)[C@@H]3N)[C@H]2O)C(N)[C@H](O)[C@@H]1O. The molecule has 0 aromatic heterocycles. The summed E-state index contributed by atoms with van der Waals surface area (Å²) in [6, 6.07) is -4.30. The molecule has 19 nitrogen and oxygen atoms in total. The Morgan fingerprint density at radius 2 is 1.00 bits per heavy atom. The molecule has 246 valence electrons. The van der Waals surface area contributed by atoms with Gasteiger partial charge in [-0.2, -0.15) is 0 Å². The fourth-order valence-corrected chi connectivity index (χ4v) is 5.70. The average Bonchev–Trinajstić information content (AvgIpc) is 3.27. The number of ether oxygens (including phenoxy) is 6. The van der Waals surface area contributed by atoms with Crippen molar-refractivity contribution in [2.75, 3.05) is 19.8 Å². The zero-order chi connectivity index (χ0) is 31.0. The van der Waals surface area contributed by atoms with Gasteiger partial charge in [0, 0.05) is 18.6 Å². The van der Waals surface area contributed by atoms with Gasteiger partial charge in [-0.25, -0.2) is 0 Å². The minimum atomic E-state index is -1.62. The quantitative estimate of drug-likeness (QED) is 0.114. The number of aliphatic hydroxyl groups is 8. The van der Waals surface area contributed by atoms with Crippen LogP contribution in [0.5, 0.6) is 0 Å². The molecule has 4 aliphatic rings. The molecule has 18 N–H and O–H groups in total. The van der Waals surface area contributed by atoms with Crippen molar-refractivity contribution in [2.24, 2.45) is 28.7 Å². The van der Waals surface area contributed by atoms with Crippen LogP contribution in [-0.2, 0) is 28.4 Å². The zero-order valence-electron chi connectivity index (χ0n) is 22.7. The van der Waals surface area contributed by atoms with Crippen molar-refractivity contribution in [3.8, 4) is 0 Å². The second-order valence-electron chi connectivity index (χ2n) is 11.2. The molecule has 4 fully saturated rings. The van der Waals surface area contributed by atoms with Crippen LogP contribution in [0.25, 0.3) is 0 Å². The van der Waals surface area contributed by atoms with Crippen molar-refractivity contribution in [3.63, 3.8) is 0 Å². The summed E-state index contributed by atoms with van der Waals surface area (Å²) >= 11 is 0. The molecule has 0 spiro atoms. The second kappa shape index (κ2) is 14.1. The molecule has 0 bridgehead atoms. The van der Waals surface area contributed by atoms with E-state index in [2.05, 4.69) is 0 Å². The maximum atomic E-state index is 11.1. The Morgan fingerprint density at radius 1 is 0.524 bits per heavy atom. The Morgan fingerprint density at radius 3 is 1.55 bits per heavy atom. The highest BCUT2D eigenvalue weighted by atomic mass is 16.8. The van der Waals surface area contributed by atoms with E-state index in [1.807, 2.05) is 0 Å². The van der Waals surface area contributed by atoms with Crippen molar-refractivity contribution >= 4 is 0 Å². The van der Waals surface area contributed by atoms with Crippen molar-refractivity contribution in [3.05, 3.63) is 0 Å². The third-order valence-electron chi connectivity index (χ3n) is 8.32. The van der Waals surface area contributed by atoms with Crippen LogP contribution >= 0.6 is 0 Å². The maximum absolute atomic E-state index is 11.1. The summed E-state index contributed by atoms with van der Waals surface area (Å²) < 4.78 is 34.4. The van der Waals surface area contributed by atoms with Crippen LogP contribution in [-0.4, -0.2) is 177 Å². The summed E-state index contributed by atoms with van der Waals surface area (Å²) in [6.45, 7) is -1.49. The van der Waals surface area contributed by atoms with Crippen LogP contribution in [0.4, 0.5) is 0 Å². The molecule has 4 rings (SSSR count). The van der Waals surface area contributed by atoms with Gasteiger partial charge >= 0.3 is 0 Å². The summed E-state index contributed by atoms with van der Waals surface area (Å²) in [5.74, 6) is 0. The van der Waals surface area contributed by atoms with Crippen LogP contribution < -0.4 is 28.7 Å². The van der Waals surface area contributed by atoms with Gasteiger partial charge < -0.3 is 97.9 Å². The summed E-state index contributed by atoms with van der Waals surface area (Å²) in [6.07, 6.45) is -20.5. The first-order valence-electron chi connectivity index (χ1n) is 13.8. The predicted molar refractivity (Wildman–Crippen MR) is 136 cm³/mol. The van der Waals surface area contributed by atoms with E-state index >= 15 is 0 Å². The summed E-state index contributed by atoms with van der Waals surface area (Å²) in [7, 11) is 0. The molecule has 3 aliphatic heterocycles. The Labute approximate surface area is 240 Å². The van der Waals surface area contributed by atoms with Gasteiger partial charge in [-0.15, -0.1) is 0 Å². The van der Waals surface area contributed by atoms with Crippen molar-refractivity contribution < 1.29 is 69.3 Å². The molecule has 19 heteroatoms. The van der Waals surface area contributed by atoms with Gasteiger partial charge in [0.1, 0.15) is 67.1 Å². The fraction of sp³-hybridized carbons (Fsp3) is 1.00. The van der Waals surface area contributed by atoms with Gasteiger partial charge in [0.25, 0.3) is 0 Å². The van der Waals surface area contributed by atoms with Gasteiger partial charge in [-0.05, 0) is 6.42 Å². The highest BCUT2D eigenvalue weighted by Gasteiger charge is 2.54. The molecule has 0 aromatic carbocycles. The Bertz CT molecular complexity index is 866. The van der Waals surface area contributed by atoms with E-state index < -0.39 is 129 Å². The minimum Gasteiger partial charge on any atom is -0.394 e. The lowest BCUT2D eigenvalue weighted by atomic mass is 9.84. The molecule has 4 unspecified atom stereocenters. The third kappa shape index (κ3) is 6.60. The van der Waals surface area contributed by atoms with E-state index in [0.717, 1.165) is 0 Å². The normalized spacial score (nSPS) is 53.8. The Hall–Kier alpha value is -0.760. The standard InChI is InChI=1S/C23H45N5O14/c24-2-7-13(32)15(34)10(27)21(37-7)41-19-9(4-30)39-23(17(19)36)42-20-12(31)5(25)1-6(26)18(20)40-22-11(28)16(35)14(33)8(3-29)38-22/h5-23,29-36H,1-4,24-28H2/t5-,6+,7+,8-,9-,10?,11+,12-,13-,14-,15+,16-,17+,18-,19?,20?,21-,22?,23+/m1/s1. The van der Waals surface area contributed by atoms with Gasteiger partial charge in [0.2, 0.25) is 0 Å². The fourth-order valence-electron chi connectivity index (χ4n) is 5.70. The summed E-state index contributed by atoms with van der Waals surface area (Å²) in [5.41, 5.74) is 29.9. The molecule has 0 radical (unpaired) electrons. The first-order valence-corrected chi connectivity index (χ1v) is 13.8. The number of aliphatic hydroxyl groups excluding tert-OH is 8. The smallest absolute Gasteiger partial charge is 0.187 e. The minimum absolute atomic E-state index is 0.0642. The van der Waals surface area contributed by atoms with E-state index in [1.54, 1.807) is 0 Å². The zero-order valence-corrected chi connectivity index (χ0v) is 22.7. The van der Waals surface area contributed by atoms with Gasteiger partial charge in [0.15, 0.2) is 18.9 Å². The van der Waals surface area contributed by atoms with Crippen LogP contribution in [0.3, 0.4) is 0 Å².